The Kier molecular flexibility index (Phi) is 6.95. The first-order valence-corrected chi connectivity index (χ1v) is 9.39. The maximum atomic E-state index is 12.4. The number of hydrogen-bond acceptors (Lipinski definition) is 5. The van der Waals surface area contributed by atoms with Gasteiger partial charge in [-0.3, -0.25) is 4.79 Å². The van der Waals surface area contributed by atoms with Crippen LogP contribution < -0.4 is 15.4 Å². The summed E-state index contributed by atoms with van der Waals surface area (Å²) in [6.07, 6.45) is 5.01. The largest absolute Gasteiger partial charge is 0.492 e. The lowest BCUT2D eigenvalue weighted by Gasteiger charge is -2.11. The summed E-state index contributed by atoms with van der Waals surface area (Å²) in [5.41, 5.74) is 2.32. The number of aromatic nitrogens is 2. The third kappa shape index (κ3) is 5.54. The van der Waals surface area contributed by atoms with Gasteiger partial charge in [0.1, 0.15) is 5.75 Å². The second-order valence-corrected chi connectivity index (χ2v) is 6.19. The smallest absolute Gasteiger partial charge is 0.258 e. The lowest BCUT2D eigenvalue weighted by Crippen LogP contribution is -2.14. The molecular weight excluding hydrogens is 352 g/mol. The Morgan fingerprint density at radius 3 is 2.46 bits per heavy atom. The second kappa shape index (κ2) is 10.1. The van der Waals surface area contributed by atoms with Crippen molar-refractivity contribution in [3.8, 4) is 5.75 Å². The fourth-order valence-electron chi connectivity index (χ4n) is 2.72. The molecule has 0 unspecified atom stereocenters. The number of carbonyl (C=O) groups is 1. The Hall–Kier alpha value is -3.41. The highest BCUT2D eigenvalue weighted by atomic mass is 16.5. The Labute approximate surface area is 165 Å². The first-order chi connectivity index (χ1) is 13.8. The maximum Gasteiger partial charge on any atom is 0.258 e. The van der Waals surface area contributed by atoms with Crippen molar-refractivity contribution < 1.29 is 9.53 Å². The quantitative estimate of drug-likeness (QED) is 0.548. The number of carbonyl (C=O) groups excluding carboxylic acids is 1. The molecule has 3 rings (SSSR count). The van der Waals surface area contributed by atoms with Gasteiger partial charge in [0, 0.05) is 18.9 Å². The summed E-state index contributed by atoms with van der Waals surface area (Å²) in [7, 11) is 0. The molecule has 0 spiro atoms. The summed E-state index contributed by atoms with van der Waals surface area (Å²) >= 11 is 0. The molecule has 0 aliphatic carbocycles. The van der Waals surface area contributed by atoms with Crippen LogP contribution in [0.2, 0.25) is 0 Å². The molecule has 0 saturated heterocycles. The molecule has 28 heavy (non-hydrogen) atoms. The summed E-state index contributed by atoms with van der Waals surface area (Å²) < 4.78 is 5.52. The molecule has 0 aliphatic rings. The molecule has 144 valence electrons. The van der Waals surface area contributed by atoms with E-state index >= 15 is 0 Å². The molecule has 2 N–H and O–H groups in total. The normalized spacial score (nSPS) is 10.3. The highest BCUT2D eigenvalue weighted by Gasteiger charge is 2.10. The van der Waals surface area contributed by atoms with Gasteiger partial charge in [-0.05, 0) is 37.5 Å². The van der Waals surface area contributed by atoms with Crippen molar-refractivity contribution in [3.63, 3.8) is 0 Å². The van der Waals surface area contributed by atoms with E-state index in [4.69, 9.17) is 4.74 Å². The molecule has 3 aromatic rings. The third-order valence-corrected chi connectivity index (χ3v) is 4.12. The fourth-order valence-corrected chi connectivity index (χ4v) is 2.72. The Balaban J connectivity index is 1.50. The van der Waals surface area contributed by atoms with Crippen molar-refractivity contribution in [3.05, 3.63) is 78.1 Å². The molecule has 0 saturated carbocycles. The van der Waals surface area contributed by atoms with E-state index < -0.39 is 0 Å². The second-order valence-electron chi connectivity index (χ2n) is 6.19. The highest BCUT2D eigenvalue weighted by molar-refractivity contribution is 6.04. The zero-order valence-electron chi connectivity index (χ0n) is 15.9. The van der Waals surface area contributed by atoms with Crippen LogP contribution in [0.3, 0.4) is 0 Å². The van der Waals surface area contributed by atoms with E-state index in [0.717, 1.165) is 19.4 Å². The van der Waals surface area contributed by atoms with E-state index in [0.29, 0.717) is 29.6 Å². The molecule has 0 fully saturated rings. The van der Waals surface area contributed by atoms with Gasteiger partial charge in [-0.25, -0.2) is 9.97 Å². The Morgan fingerprint density at radius 1 is 1.00 bits per heavy atom. The fraction of sp³-hybridized carbons (Fsp3) is 0.227. The number of anilines is 2. The van der Waals surface area contributed by atoms with E-state index in [1.807, 2.05) is 43.3 Å². The SMILES string of the molecule is CCOc1ccccc1NC(=O)c1cnc(NCCCc2ccccc2)nc1. The summed E-state index contributed by atoms with van der Waals surface area (Å²) in [5, 5.41) is 6.02. The molecule has 6 nitrogen and oxygen atoms in total. The number of ether oxygens (including phenoxy) is 1. The molecule has 6 heteroatoms. The summed E-state index contributed by atoms with van der Waals surface area (Å²) in [5.74, 6) is 0.873. The minimum atomic E-state index is -0.275. The van der Waals surface area contributed by atoms with Crippen LogP contribution >= 0.6 is 0 Å². The van der Waals surface area contributed by atoms with Crippen LogP contribution in [0.1, 0.15) is 29.3 Å². The average Bonchev–Trinajstić information content (AvgIpc) is 2.74. The number of amides is 1. The molecule has 0 radical (unpaired) electrons. The van der Waals surface area contributed by atoms with Crippen LogP contribution in [0.4, 0.5) is 11.6 Å². The number of nitrogens with one attached hydrogen (secondary N) is 2. The monoisotopic (exact) mass is 376 g/mol. The average molecular weight is 376 g/mol. The Bertz CT molecular complexity index is 883. The standard InChI is InChI=1S/C22H24N4O2/c1-2-28-20-13-7-6-12-19(20)26-21(27)18-15-24-22(25-16-18)23-14-8-11-17-9-4-3-5-10-17/h3-7,9-10,12-13,15-16H,2,8,11,14H2,1H3,(H,26,27)(H,23,24,25). The van der Waals surface area contributed by atoms with E-state index in [-0.39, 0.29) is 5.91 Å². The summed E-state index contributed by atoms with van der Waals surface area (Å²) in [4.78, 5) is 20.9. The molecule has 0 atom stereocenters. The number of aryl methyl sites for hydroxylation is 1. The van der Waals surface area contributed by atoms with Gasteiger partial charge >= 0.3 is 0 Å². The first kappa shape index (κ1) is 19.4. The minimum Gasteiger partial charge on any atom is -0.492 e. The number of para-hydroxylation sites is 2. The van der Waals surface area contributed by atoms with Crippen LogP contribution in [0.15, 0.2) is 67.0 Å². The van der Waals surface area contributed by atoms with Crippen LogP contribution in [-0.2, 0) is 6.42 Å². The molecule has 1 heterocycles. The lowest BCUT2D eigenvalue weighted by molar-refractivity contribution is 0.102. The molecule has 1 aromatic heterocycles. The lowest BCUT2D eigenvalue weighted by atomic mass is 10.1. The Morgan fingerprint density at radius 2 is 1.71 bits per heavy atom. The zero-order valence-corrected chi connectivity index (χ0v) is 15.9. The van der Waals surface area contributed by atoms with Gasteiger partial charge in [-0.1, -0.05) is 42.5 Å². The van der Waals surface area contributed by atoms with Gasteiger partial charge in [0.25, 0.3) is 5.91 Å². The van der Waals surface area contributed by atoms with E-state index in [2.05, 4.69) is 32.7 Å². The first-order valence-electron chi connectivity index (χ1n) is 9.39. The van der Waals surface area contributed by atoms with Gasteiger partial charge in [-0.15, -0.1) is 0 Å². The van der Waals surface area contributed by atoms with Crippen molar-refractivity contribution in [2.24, 2.45) is 0 Å². The van der Waals surface area contributed by atoms with Crippen LogP contribution in [0.5, 0.6) is 5.75 Å². The van der Waals surface area contributed by atoms with Crippen LogP contribution in [-0.4, -0.2) is 29.0 Å². The molecule has 1 amide bonds. The number of rotatable bonds is 9. The van der Waals surface area contributed by atoms with Crippen LogP contribution in [0.25, 0.3) is 0 Å². The van der Waals surface area contributed by atoms with Gasteiger partial charge in [0.2, 0.25) is 5.95 Å². The molecule has 0 bridgehead atoms. The molecule has 0 aliphatic heterocycles. The maximum absolute atomic E-state index is 12.4. The van der Waals surface area contributed by atoms with Crippen molar-refractivity contribution in [2.75, 3.05) is 23.8 Å². The molecule has 2 aromatic carbocycles. The van der Waals surface area contributed by atoms with E-state index in [1.54, 1.807) is 6.07 Å². The summed E-state index contributed by atoms with van der Waals surface area (Å²) in [6, 6.07) is 17.7. The highest BCUT2D eigenvalue weighted by Crippen LogP contribution is 2.24. The van der Waals surface area contributed by atoms with Gasteiger partial charge in [-0.2, -0.15) is 0 Å². The van der Waals surface area contributed by atoms with Crippen molar-refractivity contribution in [2.45, 2.75) is 19.8 Å². The number of hydrogen-bond donors (Lipinski definition) is 2. The number of nitrogens with zero attached hydrogens (tertiary/aromatic N) is 2. The zero-order chi connectivity index (χ0) is 19.6. The van der Waals surface area contributed by atoms with Gasteiger partial charge < -0.3 is 15.4 Å². The van der Waals surface area contributed by atoms with Crippen LogP contribution in [0, 0.1) is 0 Å². The topological polar surface area (TPSA) is 76.1 Å². The predicted octanol–water partition coefficient (Wildman–Crippen LogP) is 4.17. The van der Waals surface area contributed by atoms with Gasteiger partial charge in [0.15, 0.2) is 0 Å². The van der Waals surface area contributed by atoms with Crippen molar-refractivity contribution in [1.82, 2.24) is 9.97 Å². The predicted molar refractivity (Wildman–Crippen MR) is 111 cm³/mol. The van der Waals surface area contributed by atoms with E-state index in [9.17, 15) is 4.79 Å². The van der Waals surface area contributed by atoms with E-state index in [1.165, 1.54) is 18.0 Å². The third-order valence-electron chi connectivity index (χ3n) is 4.12. The van der Waals surface area contributed by atoms with Gasteiger partial charge in [0.05, 0.1) is 17.9 Å². The van der Waals surface area contributed by atoms with Crippen molar-refractivity contribution >= 4 is 17.5 Å². The number of benzene rings is 2. The van der Waals surface area contributed by atoms with Crippen molar-refractivity contribution in [1.29, 1.82) is 0 Å². The molecular formula is C22H24N4O2. The minimum absolute atomic E-state index is 0.275. The summed E-state index contributed by atoms with van der Waals surface area (Å²) in [6.45, 7) is 3.20.